The van der Waals surface area contributed by atoms with E-state index >= 15 is 0 Å². The maximum atomic E-state index is 13.1. The summed E-state index contributed by atoms with van der Waals surface area (Å²) in [5.41, 5.74) is 7.77. The molecule has 14 heteroatoms. The van der Waals surface area contributed by atoms with Crippen molar-refractivity contribution in [1.82, 2.24) is 39.6 Å². The number of para-hydroxylation sites is 1. The Kier molecular flexibility index (Phi) is 7.85. The van der Waals surface area contributed by atoms with Gasteiger partial charge in [-0.05, 0) is 31.9 Å². The van der Waals surface area contributed by atoms with Crippen LogP contribution in [-0.4, -0.2) is 78.4 Å². The number of ether oxygens (including phenoxy) is 1. The van der Waals surface area contributed by atoms with Crippen molar-refractivity contribution >= 4 is 40.2 Å². The average molecular weight is 584 g/mol. The zero-order valence-electron chi connectivity index (χ0n) is 24.4. The first-order valence-corrected chi connectivity index (χ1v) is 13.9. The van der Waals surface area contributed by atoms with Gasteiger partial charge in [0.25, 0.3) is 0 Å². The number of hydrogen-bond acceptors (Lipinski definition) is 11. The van der Waals surface area contributed by atoms with Gasteiger partial charge in [-0.2, -0.15) is 10.1 Å². The summed E-state index contributed by atoms with van der Waals surface area (Å²) in [4.78, 5) is 40.9. The summed E-state index contributed by atoms with van der Waals surface area (Å²) in [7, 11) is 3.38. The molecule has 1 aromatic carbocycles. The first-order valence-electron chi connectivity index (χ1n) is 13.9. The van der Waals surface area contributed by atoms with Crippen molar-refractivity contribution in [3.05, 3.63) is 60.2 Å². The van der Waals surface area contributed by atoms with Crippen LogP contribution in [0.1, 0.15) is 17.7 Å². The van der Waals surface area contributed by atoms with Crippen LogP contribution in [0.2, 0.25) is 0 Å². The second kappa shape index (κ2) is 12.0. The Morgan fingerprint density at radius 3 is 2.86 bits per heavy atom. The summed E-state index contributed by atoms with van der Waals surface area (Å²) >= 11 is 0. The van der Waals surface area contributed by atoms with Gasteiger partial charge in [-0.15, -0.1) is 0 Å². The molecule has 1 saturated heterocycles. The molecule has 222 valence electrons. The summed E-state index contributed by atoms with van der Waals surface area (Å²) in [5, 5.41) is 11.6. The monoisotopic (exact) mass is 583 g/mol. The van der Waals surface area contributed by atoms with Gasteiger partial charge in [0.15, 0.2) is 5.82 Å². The van der Waals surface area contributed by atoms with Crippen molar-refractivity contribution in [2.75, 3.05) is 42.9 Å². The number of carbonyl (C=O) groups is 1. The summed E-state index contributed by atoms with van der Waals surface area (Å²) < 4.78 is 7.80. The van der Waals surface area contributed by atoms with Gasteiger partial charge in [0.2, 0.25) is 23.7 Å². The van der Waals surface area contributed by atoms with E-state index in [1.807, 2.05) is 51.4 Å². The van der Waals surface area contributed by atoms with Gasteiger partial charge in [-0.1, -0.05) is 12.1 Å². The second-order valence-corrected chi connectivity index (χ2v) is 10.4. The standard InChI is InChI=1S/C29H33N11O3/c1-17-13-32-28(34-23-12-18(2)39(3)37-23)36-26(17)21-14-31-27-20(21)6-5-7-22(27)33-24(41)16-40-11-9-19(15-40)43-25-8-10-30-29(35-25)38-42-4/h5-8,10,12-14,19,31H,9,11,15-16H2,1-4H3,(H,33,41)(H,30,35,38)(H,32,34,36,37). The summed E-state index contributed by atoms with van der Waals surface area (Å²) in [6.45, 7) is 5.56. The van der Waals surface area contributed by atoms with Crippen molar-refractivity contribution in [3.63, 3.8) is 0 Å². The van der Waals surface area contributed by atoms with Crippen LogP contribution in [0.3, 0.4) is 0 Å². The highest BCUT2D eigenvalue weighted by molar-refractivity contribution is 6.06. The van der Waals surface area contributed by atoms with E-state index in [-0.39, 0.29) is 18.6 Å². The van der Waals surface area contributed by atoms with Gasteiger partial charge in [0, 0.05) is 67.5 Å². The zero-order chi connectivity index (χ0) is 29.9. The Balaban J connectivity index is 1.12. The zero-order valence-corrected chi connectivity index (χ0v) is 24.4. The number of aromatic amines is 1. The first-order chi connectivity index (χ1) is 20.9. The lowest BCUT2D eigenvalue weighted by atomic mass is 10.1. The van der Waals surface area contributed by atoms with Crippen LogP contribution in [0, 0.1) is 13.8 Å². The number of aryl methyl sites for hydroxylation is 3. The first kappa shape index (κ1) is 28.1. The predicted molar refractivity (Wildman–Crippen MR) is 162 cm³/mol. The van der Waals surface area contributed by atoms with Crippen LogP contribution < -0.4 is 20.9 Å². The third-order valence-electron chi connectivity index (χ3n) is 7.28. The summed E-state index contributed by atoms with van der Waals surface area (Å²) in [6.07, 6.45) is 6.01. The van der Waals surface area contributed by atoms with E-state index in [0.29, 0.717) is 35.8 Å². The van der Waals surface area contributed by atoms with Crippen molar-refractivity contribution < 1.29 is 14.4 Å². The van der Waals surface area contributed by atoms with Gasteiger partial charge >= 0.3 is 0 Å². The largest absolute Gasteiger partial charge is 0.473 e. The van der Waals surface area contributed by atoms with Crippen LogP contribution in [0.5, 0.6) is 5.88 Å². The molecule has 0 radical (unpaired) electrons. The molecule has 1 unspecified atom stereocenters. The van der Waals surface area contributed by atoms with Gasteiger partial charge < -0.3 is 20.4 Å². The number of benzene rings is 1. The molecule has 43 heavy (non-hydrogen) atoms. The molecular formula is C29H33N11O3. The number of H-pyrrole nitrogens is 1. The molecule has 0 saturated carbocycles. The third-order valence-corrected chi connectivity index (χ3v) is 7.28. The molecule has 4 aromatic heterocycles. The molecular weight excluding hydrogens is 550 g/mol. The fourth-order valence-electron chi connectivity index (χ4n) is 5.11. The fraction of sp³-hybridized carbons (Fsp3) is 0.310. The SMILES string of the molecule is CONc1nccc(OC2CCN(CC(=O)Nc3cccc4c(-c5nc(Nc6cc(C)n(C)n6)ncc5C)c[nH]c34)C2)n1. The number of aromatic nitrogens is 7. The van der Waals surface area contributed by atoms with E-state index in [1.165, 1.54) is 7.11 Å². The Morgan fingerprint density at radius 2 is 2.05 bits per heavy atom. The molecule has 4 N–H and O–H groups in total. The van der Waals surface area contributed by atoms with Gasteiger partial charge in [0.05, 0.1) is 30.6 Å². The highest BCUT2D eigenvalue weighted by Gasteiger charge is 2.26. The minimum absolute atomic E-state index is 0.0790. The number of likely N-dealkylation sites (tertiary alicyclic amines) is 1. The minimum Gasteiger partial charge on any atom is -0.473 e. The number of nitrogens with one attached hydrogen (secondary N) is 4. The minimum atomic E-state index is -0.103. The van der Waals surface area contributed by atoms with Crippen molar-refractivity contribution in [1.29, 1.82) is 0 Å². The lowest BCUT2D eigenvalue weighted by Gasteiger charge is -2.16. The van der Waals surface area contributed by atoms with Crippen LogP contribution >= 0.6 is 0 Å². The smallest absolute Gasteiger partial charge is 0.250 e. The predicted octanol–water partition coefficient (Wildman–Crippen LogP) is 3.57. The van der Waals surface area contributed by atoms with E-state index in [9.17, 15) is 4.79 Å². The molecule has 1 aliphatic rings. The van der Waals surface area contributed by atoms with Crippen LogP contribution in [0.4, 0.5) is 23.4 Å². The lowest BCUT2D eigenvalue weighted by molar-refractivity contribution is -0.117. The average Bonchev–Trinajstić information content (AvgIpc) is 3.69. The topological polar surface area (TPSA) is 160 Å². The van der Waals surface area contributed by atoms with Crippen LogP contribution in [0.25, 0.3) is 22.2 Å². The van der Waals surface area contributed by atoms with Gasteiger partial charge in [0.1, 0.15) is 6.10 Å². The number of anilines is 4. The molecule has 0 spiro atoms. The Morgan fingerprint density at radius 1 is 1.16 bits per heavy atom. The van der Waals surface area contributed by atoms with Crippen molar-refractivity contribution in [2.45, 2.75) is 26.4 Å². The molecule has 0 bridgehead atoms. The number of nitrogens with zero attached hydrogens (tertiary/aromatic N) is 7. The quantitative estimate of drug-likeness (QED) is 0.178. The molecule has 1 atom stereocenters. The third kappa shape index (κ3) is 6.24. The van der Waals surface area contributed by atoms with E-state index in [0.717, 1.165) is 46.4 Å². The Labute approximate surface area is 247 Å². The van der Waals surface area contributed by atoms with E-state index in [2.05, 4.69) is 46.0 Å². The summed E-state index contributed by atoms with van der Waals surface area (Å²) in [5.74, 6) is 1.80. The van der Waals surface area contributed by atoms with Crippen LogP contribution in [-0.2, 0) is 16.7 Å². The number of hydrogen-bond donors (Lipinski definition) is 4. The van der Waals surface area contributed by atoms with E-state index in [4.69, 9.17) is 14.6 Å². The molecule has 0 aliphatic carbocycles. The lowest BCUT2D eigenvalue weighted by Crippen LogP contribution is -2.33. The Bertz CT molecular complexity index is 1750. The number of fused-ring (bicyclic) bond motifs is 1. The van der Waals surface area contributed by atoms with Gasteiger partial charge in [-0.25, -0.2) is 20.4 Å². The molecule has 1 aliphatic heterocycles. The molecule has 6 rings (SSSR count). The number of carbonyl (C=O) groups excluding carboxylic acids is 1. The Hall–Kier alpha value is -5.08. The molecule has 1 amide bonds. The molecule has 5 aromatic rings. The van der Waals surface area contributed by atoms with Crippen LogP contribution in [0.15, 0.2) is 48.9 Å². The number of rotatable bonds is 10. The second-order valence-electron chi connectivity index (χ2n) is 10.4. The van der Waals surface area contributed by atoms with E-state index < -0.39 is 0 Å². The summed E-state index contributed by atoms with van der Waals surface area (Å²) in [6, 6.07) is 9.46. The highest BCUT2D eigenvalue weighted by Crippen LogP contribution is 2.33. The maximum absolute atomic E-state index is 13.1. The number of amides is 1. The normalized spacial score (nSPS) is 15.1. The van der Waals surface area contributed by atoms with Gasteiger partial charge in [-0.3, -0.25) is 19.2 Å². The maximum Gasteiger partial charge on any atom is 0.250 e. The van der Waals surface area contributed by atoms with E-state index in [1.54, 1.807) is 23.1 Å². The highest BCUT2D eigenvalue weighted by atomic mass is 16.6. The van der Waals surface area contributed by atoms with Crippen molar-refractivity contribution in [3.8, 4) is 17.1 Å². The molecule has 5 heterocycles. The molecule has 14 nitrogen and oxygen atoms in total. The van der Waals surface area contributed by atoms with Crippen molar-refractivity contribution in [2.24, 2.45) is 7.05 Å². The molecule has 1 fully saturated rings. The fourth-order valence-corrected chi connectivity index (χ4v) is 5.11.